The molecule has 0 aromatic heterocycles. The first kappa shape index (κ1) is 12.2. The number of hydrogen-bond acceptors (Lipinski definition) is 3. The van der Waals surface area contributed by atoms with Gasteiger partial charge in [0.1, 0.15) is 5.60 Å². The van der Waals surface area contributed by atoms with Gasteiger partial charge >= 0.3 is 6.09 Å². The van der Waals surface area contributed by atoms with E-state index in [1.165, 1.54) is 0 Å². The summed E-state index contributed by atoms with van der Waals surface area (Å²) in [6.07, 6.45) is -0.419. The minimum atomic E-state index is -0.457. The highest BCUT2D eigenvalue weighted by Crippen LogP contribution is 2.06. The molecule has 0 aromatic rings. The average Bonchev–Trinajstić information content (AvgIpc) is 1.81. The molecule has 3 N–H and O–H groups in total. The Kier molecular flexibility index (Phi) is 4.20. The molecule has 0 spiro atoms. The molecule has 1 unspecified atom stereocenters. The molecule has 0 aliphatic rings. The highest BCUT2D eigenvalue weighted by molar-refractivity contribution is 5.68. The van der Waals surface area contributed by atoms with Crippen molar-refractivity contribution in [1.29, 1.82) is 0 Å². The highest BCUT2D eigenvalue weighted by Gasteiger charge is 2.18. The SMILES string of the molecule is CC(NC(=O)OC(C)(C)C)[C@@H](C)N. The summed E-state index contributed by atoms with van der Waals surface area (Å²) >= 11 is 0. The van der Waals surface area contributed by atoms with E-state index < -0.39 is 11.7 Å². The first-order chi connectivity index (χ1) is 5.72. The normalized spacial score (nSPS) is 16.2. The maximum Gasteiger partial charge on any atom is 0.407 e. The summed E-state index contributed by atoms with van der Waals surface area (Å²) in [4.78, 5) is 11.2. The van der Waals surface area contributed by atoms with E-state index >= 15 is 0 Å². The Morgan fingerprint density at radius 2 is 1.85 bits per heavy atom. The van der Waals surface area contributed by atoms with Gasteiger partial charge in [-0.15, -0.1) is 0 Å². The van der Waals surface area contributed by atoms with Gasteiger partial charge in [-0.2, -0.15) is 0 Å². The lowest BCUT2D eigenvalue weighted by Crippen LogP contribution is -2.45. The van der Waals surface area contributed by atoms with Gasteiger partial charge in [0.15, 0.2) is 0 Å². The van der Waals surface area contributed by atoms with Crippen molar-refractivity contribution in [2.75, 3.05) is 0 Å². The largest absolute Gasteiger partial charge is 0.444 e. The van der Waals surface area contributed by atoms with Crippen LogP contribution in [0.1, 0.15) is 34.6 Å². The Balaban J connectivity index is 3.89. The van der Waals surface area contributed by atoms with Gasteiger partial charge in [-0.05, 0) is 34.6 Å². The number of nitrogens with two attached hydrogens (primary N) is 1. The third-order valence-electron chi connectivity index (χ3n) is 1.53. The van der Waals surface area contributed by atoms with Gasteiger partial charge in [-0.1, -0.05) is 0 Å². The fraction of sp³-hybridized carbons (Fsp3) is 0.889. The molecule has 4 nitrogen and oxygen atoms in total. The number of amides is 1. The number of alkyl carbamates (subject to hydrolysis) is 1. The Labute approximate surface area is 79.8 Å². The van der Waals surface area contributed by atoms with Crippen molar-refractivity contribution in [2.45, 2.75) is 52.3 Å². The molecular weight excluding hydrogens is 168 g/mol. The van der Waals surface area contributed by atoms with E-state index in [1.807, 2.05) is 34.6 Å². The van der Waals surface area contributed by atoms with E-state index in [4.69, 9.17) is 10.5 Å². The molecular formula is C9H20N2O2. The molecule has 0 saturated heterocycles. The van der Waals surface area contributed by atoms with Gasteiger partial charge < -0.3 is 15.8 Å². The second-order valence-electron chi connectivity index (χ2n) is 4.29. The molecule has 0 aromatic carbocycles. The zero-order valence-corrected chi connectivity index (χ0v) is 9.05. The smallest absolute Gasteiger partial charge is 0.407 e. The lowest BCUT2D eigenvalue weighted by atomic mass is 10.2. The Bertz CT molecular complexity index is 173. The second-order valence-corrected chi connectivity index (χ2v) is 4.29. The van der Waals surface area contributed by atoms with Crippen LogP contribution >= 0.6 is 0 Å². The summed E-state index contributed by atoms with van der Waals surface area (Å²) in [5.74, 6) is 0. The first-order valence-corrected chi connectivity index (χ1v) is 4.47. The molecule has 0 saturated carbocycles. The van der Waals surface area contributed by atoms with E-state index in [-0.39, 0.29) is 12.1 Å². The zero-order valence-electron chi connectivity index (χ0n) is 9.05. The van der Waals surface area contributed by atoms with Crippen molar-refractivity contribution in [1.82, 2.24) is 5.32 Å². The van der Waals surface area contributed by atoms with Crippen molar-refractivity contribution < 1.29 is 9.53 Å². The molecule has 0 aliphatic heterocycles. The van der Waals surface area contributed by atoms with E-state index in [0.29, 0.717) is 0 Å². The number of ether oxygens (including phenoxy) is 1. The molecule has 0 radical (unpaired) electrons. The maximum absolute atomic E-state index is 11.2. The fourth-order valence-electron chi connectivity index (χ4n) is 0.625. The quantitative estimate of drug-likeness (QED) is 0.685. The van der Waals surface area contributed by atoms with Crippen LogP contribution in [0, 0.1) is 0 Å². The van der Waals surface area contributed by atoms with Crippen LogP contribution in [0.4, 0.5) is 4.79 Å². The predicted octanol–water partition coefficient (Wildman–Crippen LogP) is 1.25. The zero-order chi connectivity index (χ0) is 10.6. The first-order valence-electron chi connectivity index (χ1n) is 4.47. The lowest BCUT2D eigenvalue weighted by molar-refractivity contribution is 0.0503. The van der Waals surface area contributed by atoms with E-state index in [9.17, 15) is 4.79 Å². The van der Waals surface area contributed by atoms with E-state index in [1.54, 1.807) is 0 Å². The second kappa shape index (κ2) is 4.46. The van der Waals surface area contributed by atoms with Crippen LogP contribution < -0.4 is 11.1 Å². The van der Waals surface area contributed by atoms with Gasteiger partial charge in [0.05, 0.1) is 0 Å². The van der Waals surface area contributed by atoms with Gasteiger partial charge in [0, 0.05) is 12.1 Å². The van der Waals surface area contributed by atoms with Crippen molar-refractivity contribution in [3.8, 4) is 0 Å². The van der Waals surface area contributed by atoms with Crippen LogP contribution in [0.15, 0.2) is 0 Å². The minimum absolute atomic E-state index is 0.0742. The van der Waals surface area contributed by atoms with Crippen molar-refractivity contribution in [3.63, 3.8) is 0 Å². The molecule has 2 atom stereocenters. The summed E-state index contributed by atoms with van der Waals surface area (Å²) in [7, 11) is 0. The van der Waals surface area contributed by atoms with Gasteiger partial charge in [0.2, 0.25) is 0 Å². The summed E-state index contributed by atoms with van der Waals surface area (Å²) in [6.45, 7) is 9.14. The number of nitrogens with one attached hydrogen (secondary N) is 1. The molecule has 0 heterocycles. The maximum atomic E-state index is 11.2. The van der Waals surface area contributed by atoms with Crippen LogP contribution in [-0.2, 0) is 4.74 Å². The van der Waals surface area contributed by atoms with Crippen LogP contribution in [0.25, 0.3) is 0 Å². The van der Waals surface area contributed by atoms with Crippen LogP contribution in [0.2, 0.25) is 0 Å². The summed E-state index contributed by atoms with van der Waals surface area (Å²) in [6, 6.07) is -0.151. The Hall–Kier alpha value is -0.770. The van der Waals surface area contributed by atoms with Gasteiger partial charge in [0.25, 0.3) is 0 Å². The number of carbonyl (C=O) groups is 1. The molecule has 4 heteroatoms. The van der Waals surface area contributed by atoms with Crippen molar-refractivity contribution in [3.05, 3.63) is 0 Å². The third kappa shape index (κ3) is 6.40. The predicted molar refractivity (Wildman–Crippen MR) is 52.5 cm³/mol. The molecule has 0 bridgehead atoms. The minimum Gasteiger partial charge on any atom is -0.444 e. The number of carbonyl (C=O) groups excluding carboxylic acids is 1. The highest BCUT2D eigenvalue weighted by atomic mass is 16.6. The summed E-state index contributed by atoms with van der Waals surface area (Å²) in [5, 5.41) is 2.65. The van der Waals surface area contributed by atoms with Crippen LogP contribution in [-0.4, -0.2) is 23.8 Å². The van der Waals surface area contributed by atoms with Crippen molar-refractivity contribution >= 4 is 6.09 Å². The monoisotopic (exact) mass is 188 g/mol. The van der Waals surface area contributed by atoms with Crippen LogP contribution in [0.5, 0.6) is 0 Å². The molecule has 13 heavy (non-hydrogen) atoms. The van der Waals surface area contributed by atoms with Crippen LogP contribution in [0.3, 0.4) is 0 Å². The summed E-state index contributed by atoms with van der Waals surface area (Å²) in [5.41, 5.74) is 5.12. The average molecular weight is 188 g/mol. The lowest BCUT2D eigenvalue weighted by Gasteiger charge is -2.23. The molecule has 78 valence electrons. The van der Waals surface area contributed by atoms with E-state index in [0.717, 1.165) is 0 Å². The van der Waals surface area contributed by atoms with Crippen molar-refractivity contribution in [2.24, 2.45) is 5.73 Å². The van der Waals surface area contributed by atoms with Gasteiger partial charge in [-0.25, -0.2) is 4.79 Å². The molecule has 0 rings (SSSR count). The topological polar surface area (TPSA) is 64.3 Å². The Morgan fingerprint density at radius 3 is 2.15 bits per heavy atom. The van der Waals surface area contributed by atoms with E-state index in [2.05, 4.69) is 5.32 Å². The molecule has 1 amide bonds. The summed E-state index contributed by atoms with van der Waals surface area (Å²) < 4.78 is 5.05. The van der Waals surface area contributed by atoms with Gasteiger partial charge in [-0.3, -0.25) is 0 Å². The molecule has 0 aliphatic carbocycles. The third-order valence-corrected chi connectivity index (χ3v) is 1.53. The fourth-order valence-corrected chi connectivity index (χ4v) is 0.625. The number of hydrogen-bond donors (Lipinski definition) is 2. The molecule has 0 fully saturated rings. The number of rotatable bonds is 2. The standard InChI is InChI=1S/C9H20N2O2/c1-6(10)7(2)11-8(12)13-9(3,4)5/h6-7H,10H2,1-5H3,(H,11,12)/t6-,7?/m1/s1. The Morgan fingerprint density at radius 1 is 1.38 bits per heavy atom.